The van der Waals surface area contributed by atoms with Gasteiger partial charge >= 0.3 is 18.9 Å². The van der Waals surface area contributed by atoms with Crippen LogP contribution in [0.2, 0.25) is 0 Å². The molecule has 17 heavy (non-hydrogen) atoms. The molecule has 0 amide bonds. The van der Waals surface area contributed by atoms with Gasteiger partial charge in [-0.15, -0.1) is 11.6 Å². The van der Waals surface area contributed by atoms with Crippen molar-refractivity contribution in [3.63, 3.8) is 0 Å². The van der Waals surface area contributed by atoms with Crippen LogP contribution in [0.4, 0.5) is 0 Å². The van der Waals surface area contributed by atoms with E-state index in [0.29, 0.717) is 11.5 Å². The first kappa shape index (κ1) is 17.6. The van der Waals surface area contributed by atoms with Crippen LogP contribution < -0.4 is 18.9 Å². The molecule has 1 aliphatic carbocycles. The van der Waals surface area contributed by atoms with E-state index in [1.54, 1.807) is 0 Å². The molecular weight excluding hydrogens is 201 g/mol. The van der Waals surface area contributed by atoms with Gasteiger partial charge in [-0.2, -0.15) is 0 Å². The molecular formula is C15H30LiN. The molecule has 1 rings (SSSR count). The Kier molecular flexibility index (Phi) is 6.86. The van der Waals surface area contributed by atoms with Gasteiger partial charge in [0.1, 0.15) is 0 Å². The minimum Gasteiger partial charge on any atom is -0.654 e. The minimum atomic E-state index is 0. The standard InChI is InChI=1S/C15H30N.Li/c1-14(2,3)11-12-9-7-8-10-13(12)16-15(4,5)6;/h12-13H,7-11H2,1-6H3;/q-1;+1. The van der Waals surface area contributed by atoms with Crippen molar-refractivity contribution in [2.24, 2.45) is 11.3 Å². The van der Waals surface area contributed by atoms with Crippen molar-refractivity contribution in [2.45, 2.75) is 85.2 Å². The summed E-state index contributed by atoms with van der Waals surface area (Å²) in [7, 11) is 0. The fraction of sp³-hybridized carbons (Fsp3) is 1.00. The minimum absolute atomic E-state index is 0. The zero-order chi connectivity index (χ0) is 12.4. The molecule has 0 saturated heterocycles. The summed E-state index contributed by atoms with van der Waals surface area (Å²) in [4.78, 5) is 0. The maximum absolute atomic E-state index is 5.03. The van der Waals surface area contributed by atoms with Gasteiger partial charge in [0, 0.05) is 0 Å². The number of nitrogens with zero attached hydrogens (tertiary/aromatic N) is 1. The summed E-state index contributed by atoms with van der Waals surface area (Å²) in [5.41, 5.74) is 0.589. The van der Waals surface area contributed by atoms with Crippen molar-refractivity contribution in [1.82, 2.24) is 0 Å². The SMILES string of the molecule is CC(C)(C)CC1CCCCC1[N-]C(C)(C)C.[Li+]. The van der Waals surface area contributed by atoms with Gasteiger partial charge < -0.3 is 5.32 Å². The van der Waals surface area contributed by atoms with Crippen LogP contribution in [0, 0.1) is 11.3 Å². The molecule has 0 N–H and O–H groups in total. The second-order valence-electron chi connectivity index (χ2n) is 7.68. The molecule has 96 valence electrons. The van der Waals surface area contributed by atoms with Crippen LogP contribution in [-0.4, -0.2) is 11.6 Å². The Hall–Kier alpha value is 0.557. The van der Waals surface area contributed by atoms with Crippen molar-refractivity contribution in [1.29, 1.82) is 0 Å². The molecule has 0 heterocycles. The molecule has 0 aromatic heterocycles. The quantitative estimate of drug-likeness (QED) is 0.647. The van der Waals surface area contributed by atoms with Gasteiger partial charge in [0.15, 0.2) is 0 Å². The summed E-state index contributed by atoms with van der Waals surface area (Å²) in [6.45, 7) is 13.8. The van der Waals surface area contributed by atoms with E-state index in [4.69, 9.17) is 5.32 Å². The summed E-state index contributed by atoms with van der Waals surface area (Å²) in [5, 5.41) is 5.03. The van der Waals surface area contributed by atoms with Gasteiger partial charge in [-0.3, -0.25) is 0 Å². The average molecular weight is 231 g/mol. The van der Waals surface area contributed by atoms with Gasteiger partial charge in [-0.25, -0.2) is 0 Å². The van der Waals surface area contributed by atoms with E-state index in [2.05, 4.69) is 41.5 Å². The molecule has 0 aromatic carbocycles. The third-order valence-electron chi connectivity index (χ3n) is 3.30. The molecule has 0 bridgehead atoms. The van der Waals surface area contributed by atoms with Crippen LogP contribution >= 0.6 is 0 Å². The normalized spacial score (nSPS) is 26.5. The Morgan fingerprint density at radius 3 is 1.94 bits per heavy atom. The molecule has 0 radical (unpaired) electrons. The first-order valence-electron chi connectivity index (χ1n) is 6.89. The molecule has 2 unspecified atom stereocenters. The second kappa shape index (κ2) is 6.65. The summed E-state index contributed by atoms with van der Waals surface area (Å²) in [5.74, 6) is 0.827. The third kappa shape index (κ3) is 7.55. The van der Waals surface area contributed by atoms with Gasteiger partial charge in [0.2, 0.25) is 0 Å². The zero-order valence-electron chi connectivity index (χ0n) is 13.1. The molecule has 0 aliphatic heterocycles. The summed E-state index contributed by atoms with van der Waals surface area (Å²) < 4.78 is 0. The molecule has 1 aliphatic rings. The Morgan fingerprint density at radius 1 is 0.941 bits per heavy atom. The summed E-state index contributed by atoms with van der Waals surface area (Å²) >= 11 is 0. The largest absolute Gasteiger partial charge is 1.00 e. The molecule has 1 nitrogen and oxygen atoms in total. The zero-order valence-corrected chi connectivity index (χ0v) is 13.1. The van der Waals surface area contributed by atoms with E-state index in [9.17, 15) is 0 Å². The Balaban J connectivity index is 0.00000256. The monoisotopic (exact) mass is 231 g/mol. The van der Waals surface area contributed by atoms with Crippen molar-refractivity contribution in [3.8, 4) is 0 Å². The van der Waals surface area contributed by atoms with E-state index in [-0.39, 0.29) is 24.4 Å². The van der Waals surface area contributed by atoms with Crippen molar-refractivity contribution in [3.05, 3.63) is 5.32 Å². The molecule has 2 atom stereocenters. The van der Waals surface area contributed by atoms with Crippen LogP contribution in [-0.2, 0) is 0 Å². The molecule has 0 spiro atoms. The van der Waals surface area contributed by atoms with Gasteiger partial charge in [-0.1, -0.05) is 73.1 Å². The number of hydrogen-bond donors (Lipinski definition) is 0. The Morgan fingerprint density at radius 2 is 1.47 bits per heavy atom. The van der Waals surface area contributed by atoms with Gasteiger partial charge in [0.25, 0.3) is 0 Å². The van der Waals surface area contributed by atoms with Gasteiger partial charge in [-0.05, 0) is 11.8 Å². The van der Waals surface area contributed by atoms with Crippen molar-refractivity contribution in [2.75, 3.05) is 0 Å². The van der Waals surface area contributed by atoms with Crippen molar-refractivity contribution < 1.29 is 18.9 Å². The maximum Gasteiger partial charge on any atom is 1.00 e. The fourth-order valence-electron chi connectivity index (χ4n) is 2.88. The Labute approximate surface area is 121 Å². The van der Waals surface area contributed by atoms with Crippen LogP contribution in [0.1, 0.15) is 73.6 Å². The van der Waals surface area contributed by atoms with Crippen molar-refractivity contribution >= 4 is 0 Å². The van der Waals surface area contributed by atoms with E-state index in [1.807, 2.05) is 0 Å². The predicted octanol–water partition coefficient (Wildman–Crippen LogP) is 2.16. The van der Waals surface area contributed by atoms with E-state index in [1.165, 1.54) is 32.1 Å². The first-order valence-corrected chi connectivity index (χ1v) is 6.89. The van der Waals surface area contributed by atoms with Gasteiger partial charge in [0.05, 0.1) is 0 Å². The molecule has 2 heteroatoms. The van der Waals surface area contributed by atoms with Crippen LogP contribution in [0.5, 0.6) is 0 Å². The predicted molar refractivity (Wildman–Crippen MR) is 72.9 cm³/mol. The Bertz CT molecular complexity index is 188. The van der Waals surface area contributed by atoms with Crippen LogP contribution in [0.25, 0.3) is 5.32 Å². The first-order chi connectivity index (χ1) is 7.17. The second-order valence-corrected chi connectivity index (χ2v) is 7.68. The average Bonchev–Trinajstić information content (AvgIpc) is 2.03. The molecule has 0 aromatic rings. The van der Waals surface area contributed by atoms with E-state index >= 15 is 0 Å². The maximum atomic E-state index is 5.03. The summed E-state index contributed by atoms with van der Waals surface area (Å²) in [6.07, 6.45) is 6.83. The third-order valence-corrected chi connectivity index (χ3v) is 3.30. The molecule has 1 saturated carbocycles. The van der Waals surface area contributed by atoms with Crippen LogP contribution in [0.3, 0.4) is 0 Å². The van der Waals surface area contributed by atoms with E-state index < -0.39 is 0 Å². The summed E-state index contributed by atoms with van der Waals surface area (Å²) in [6, 6.07) is 0.618. The smallest absolute Gasteiger partial charge is 0.654 e. The molecule has 1 fully saturated rings. The number of hydrogen-bond acceptors (Lipinski definition) is 0. The topological polar surface area (TPSA) is 14.1 Å². The van der Waals surface area contributed by atoms with Crippen LogP contribution in [0.15, 0.2) is 0 Å². The van der Waals surface area contributed by atoms with E-state index in [0.717, 1.165) is 5.92 Å². The number of rotatable bonds is 2. The fourth-order valence-corrected chi connectivity index (χ4v) is 2.88.